The van der Waals surface area contributed by atoms with Crippen LogP contribution < -0.4 is 10.6 Å². The highest BCUT2D eigenvalue weighted by Gasteiger charge is 2.08. The summed E-state index contributed by atoms with van der Waals surface area (Å²) in [6, 6.07) is 4.47. The van der Waals surface area contributed by atoms with E-state index in [2.05, 4.69) is 29.7 Å². The molecule has 1 heterocycles. The first-order valence-corrected chi connectivity index (χ1v) is 6.42. The van der Waals surface area contributed by atoms with Crippen LogP contribution in [0, 0.1) is 6.92 Å². The molecule has 0 radical (unpaired) electrons. The fourth-order valence-corrected chi connectivity index (χ4v) is 2.55. The maximum absolute atomic E-state index is 11.5. The molecule has 16 heavy (non-hydrogen) atoms. The summed E-state index contributed by atoms with van der Waals surface area (Å²) in [5.41, 5.74) is 0. The van der Waals surface area contributed by atoms with Gasteiger partial charge in [-0.05, 0) is 33.0 Å². The number of carbonyl (C=O) groups excluding carboxylic acids is 1. The Morgan fingerprint density at radius 3 is 2.81 bits per heavy atom. The predicted molar refractivity (Wildman–Crippen MR) is 68.9 cm³/mol. The largest absolute Gasteiger partial charge is 0.353 e. The van der Waals surface area contributed by atoms with Gasteiger partial charge in [0.15, 0.2) is 0 Å². The molecule has 0 bridgehead atoms. The molecule has 4 heteroatoms. The number of amides is 1. The highest BCUT2D eigenvalue weighted by atomic mass is 32.1. The van der Waals surface area contributed by atoms with E-state index in [9.17, 15) is 4.79 Å². The van der Waals surface area contributed by atoms with Crippen LogP contribution in [0.1, 0.15) is 23.1 Å². The van der Waals surface area contributed by atoms with Crippen LogP contribution in [0.25, 0.3) is 0 Å². The number of aryl methyl sites for hydroxylation is 1. The minimum atomic E-state index is 0.120. The third-order valence-electron chi connectivity index (χ3n) is 2.31. The quantitative estimate of drug-likeness (QED) is 0.795. The minimum Gasteiger partial charge on any atom is -0.353 e. The number of carbonyl (C=O) groups is 1. The second kappa shape index (κ2) is 6.66. The van der Waals surface area contributed by atoms with Crippen LogP contribution in [0.5, 0.6) is 0 Å². The van der Waals surface area contributed by atoms with Crippen molar-refractivity contribution in [1.29, 1.82) is 0 Å². The first-order valence-electron chi connectivity index (χ1n) is 5.61. The Morgan fingerprint density at radius 1 is 1.50 bits per heavy atom. The first-order chi connectivity index (χ1) is 7.61. The molecule has 0 spiro atoms. The maximum atomic E-state index is 11.5. The van der Waals surface area contributed by atoms with E-state index in [4.69, 9.17) is 0 Å². The summed E-state index contributed by atoms with van der Waals surface area (Å²) in [7, 11) is 1.85. The summed E-state index contributed by atoms with van der Waals surface area (Å²) >= 11 is 1.80. The highest BCUT2D eigenvalue weighted by Crippen LogP contribution is 2.16. The fourth-order valence-electron chi connectivity index (χ4n) is 1.53. The molecule has 3 nitrogen and oxygen atoms in total. The molecule has 1 atom stereocenters. The van der Waals surface area contributed by atoms with Crippen molar-refractivity contribution in [1.82, 2.24) is 10.6 Å². The van der Waals surface area contributed by atoms with Crippen molar-refractivity contribution in [3.63, 3.8) is 0 Å². The second-order valence-corrected chi connectivity index (χ2v) is 5.41. The minimum absolute atomic E-state index is 0.120. The third kappa shape index (κ3) is 4.77. The van der Waals surface area contributed by atoms with E-state index in [1.54, 1.807) is 11.3 Å². The van der Waals surface area contributed by atoms with Crippen LogP contribution in [-0.2, 0) is 11.2 Å². The van der Waals surface area contributed by atoms with Crippen molar-refractivity contribution >= 4 is 17.2 Å². The number of thiophene rings is 1. The zero-order valence-electron chi connectivity index (χ0n) is 10.2. The molecule has 0 aromatic carbocycles. The Balaban J connectivity index is 2.30. The summed E-state index contributed by atoms with van der Waals surface area (Å²) in [6.45, 7) is 4.88. The van der Waals surface area contributed by atoms with Crippen molar-refractivity contribution in [3.8, 4) is 0 Å². The number of hydrogen-bond acceptors (Lipinski definition) is 3. The molecule has 0 aliphatic heterocycles. The zero-order valence-corrected chi connectivity index (χ0v) is 11.0. The van der Waals surface area contributed by atoms with Crippen molar-refractivity contribution in [3.05, 3.63) is 21.9 Å². The van der Waals surface area contributed by atoms with Crippen LogP contribution in [0.4, 0.5) is 0 Å². The van der Waals surface area contributed by atoms with Gasteiger partial charge in [0.25, 0.3) is 0 Å². The predicted octanol–water partition coefficient (Wildman–Crippen LogP) is 1.71. The molecule has 0 fully saturated rings. The van der Waals surface area contributed by atoms with Gasteiger partial charge in [-0.2, -0.15) is 0 Å². The molecular weight excluding hydrogens is 220 g/mol. The Bertz CT molecular complexity index is 336. The number of hydrogen-bond donors (Lipinski definition) is 2. The van der Waals surface area contributed by atoms with E-state index >= 15 is 0 Å². The summed E-state index contributed by atoms with van der Waals surface area (Å²) in [6.07, 6.45) is 1.47. The lowest BCUT2D eigenvalue weighted by atomic mass is 10.2. The Labute approximate surface area is 101 Å². The maximum Gasteiger partial charge on any atom is 0.221 e. The first kappa shape index (κ1) is 13.2. The van der Waals surface area contributed by atoms with Gasteiger partial charge >= 0.3 is 0 Å². The summed E-state index contributed by atoms with van der Waals surface area (Å²) in [5, 5.41) is 5.97. The van der Waals surface area contributed by atoms with Crippen LogP contribution in [0.2, 0.25) is 0 Å². The Morgan fingerprint density at radius 2 is 2.25 bits per heavy atom. The number of nitrogens with one attached hydrogen (secondary N) is 2. The molecule has 0 saturated heterocycles. The van der Waals surface area contributed by atoms with Gasteiger partial charge < -0.3 is 10.6 Å². The fraction of sp³-hybridized carbons (Fsp3) is 0.583. The molecule has 1 amide bonds. The van der Waals surface area contributed by atoms with Gasteiger partial charge in [0.2, 0.25) is 5.91 Å². The Hall–Kier alpha value is -0.870. The lowest BCUT2D eigenvalue weighted by molar-refractivity contribution is -0.121. The molecule has 1 rings (SSSR count). The van der Waals surface area contributed by atoms with Gasteiger partial charge in [-0.1, -0.05) is 0 Å². The second-order valence-electron chi connectivity index (χ2n) is 4.04. The summed E-state index contributed by atoms with van der Waals surface area (Å²) < 4.78 is 0. The van der Waals surface area contributed by atoms with Gasteiger partial charge in [0.05, 0.1) is 0 Å². The smallest absolute Gasteiger partial charge is 0.221 e. The topological polar surface area (TPSA) is 41.1 Å². The van der Waals surface area contributed by atoms with Gasteiger partial charge in [0.1, 0.15) is 0 Å². The summed E-state index contributed by atoms with van der Waals surface area (Å²) in [5.74, 6) is 0.120. The van der Waals surface area contributed by atoms with E-state index < -0.39 is 0 Å². The van der Waals surface area contributed by atoms with E-state index in [1.165, 1.54) is 9.75 Å². The third-order valence-corrected chi connectivity index (χ3v) is 3.34. The molecular formula is C12H20N2OS. The molecule has 2 N–H and O–H groups in total. The Kier molecular flexibility index (Phi) is 5.49. The van der Waals surface area contributed by atoms with Crippen molar-refractivity contribution < 1.29 is 4.79 Å². The monoisotopic (exact) mass is 240 g/mol. The van der Waals surface area contributed by atoms with E-state index in [-0.39, 0.29) is 11.9 Å². The van der Waals surface area contributed by atoms with E-state index in [0.717, 1.165) is 13.0 Å². The van der Waals surface area contributed by atoms with Crippen LogP contribution in [-0.4, -0.2) is 25.5 Å². The molecule has 0 aliphatic carbocycles. The van der Waals surface area contributed by atoms with Crippen molar-refractivity contribution in [2.45, 2.75) is 32.7 Å². The van der Waals surface area contributed by atoms with Crippen LogP contribution in [0.3, 0.4) is 0 Å². The molecule has 0 aliphatic rings. The van der Waals surface area contributed by atoms with Gasteiger partial charge in [-0.3, -0.25) is 4.79 Å². The number of rotatable bonds is 6. The normalized spacial score (nSPS) is 12.4. The van der Waals surface area contributed by atoms with Crippen molar-refractivity contribution in [2.75, 3.05) is 13.6 Å². The average Bonchev–Trinajstić information content (AvgIpc) is 2.60. The molecule has 0 saturated carbocycles. The van der Waals surface area contributed by atoms with E-state index in [1.807, 2.05) is 14.0 Å². The lowest BCUT2D eigenvalue weighted by Crippen LogP contribution is -2.35. The molecule has 90 valence electrons. The van der Waals surface area contributed by atoms with Gasteiger partial charge in [-0.25, -0.2) is 0 Å². The standard InChI is InChI=1S/C12H20N2OS/c1-9(14-12(15)6-7-13-3)8-11-5-4-10(2)16-11/h4-5,9,13H,6-8H2,1-3H3,(H,14,15). The SMILES string of the molecule is CNCCC(=O)NC(C)Cc1ccc(C)s1. The molecule has 1 unspecified atom stereocenters. The van der Waals surface area contributed by atoms with Crippen molar-refractivity contribution in [2.24, 2.45) is 0 Å². The van der Waals surface area contributed by atoms with Gasteiger partial charge in [0, 0.05) is 35.2 Å². The van der Waals surface area contributed by atoms with Crippen LogP contribution in [0.15, 0.2) is 12.1 Å². The highest BCUT2D eigenvalue weighted by molar-refractivity contribution is 7.11. The average molecular weight is 240 g/mol. The van der Waals surface area contributed by atoms with Gasteiger partial charge in [-0.15, -0.1) is 11.3 Å². The summed E-state index contributed by atoms with van der Waals surface area (Å²) in [4.78, 5) is 14.1. The molecule has 1 aromatic rings. The van der Waals surface area contributed by atoms with E-state index in [0.29, 0.717) is 6.42 Å². The zero-order chi connectivity index (χ0) is 12.0. The van der Waals surface area contributed by atoms with Crippen LogP contribution >= 0.6 is 11.3 Å². The lowest BCUT2D eigenvalue weighted by Gasteiger charge is -2.12. The molecule has 1 aromatic heterocycles.